The van der Waals surface area contributed by atoms with Gasteiger partial charge in [0.15, 0.2) is 5.78 Å². The Morgan fingerprint density at radius 3 is 2.07 bits per heavy atom. The number of rotatable bonds is 11. The summed E-state index contributed by atoms with van der Waals surface area (Å²) in [6.07, 6.45) is 7.52. The van der Waals surface area contributed by atoms with Crippen LogP contribution in [0.25, 0.3) is 55.3 Å². The molecule has 0 spiro atoms. The molecule has 0 aliphatic carbocycles. The second kappa shape index (κ2) is 17.4. The molecule has 0 aliphatic heterocycles. The molecular formula is C49H60IrNO4-. The van der Waals surface area contributed by atoms with Crippen molar-refractivity contribution in [2.45, 2.75) is 121 Å². The summed E-state index contributed by atoms with van der Waals surface area (Å²) in [7, 11) is 0. The minimum Gasteiger partial charge on any atom is -0.512 e. The topological polar surface area (TPSA) is 76.5 Å². The van der Waals surface area contributed by atoms with Crippen molar-refractivity contribution in [1.29, 1.82) is 0 Å². The quantitative estimate of drug-likeness (QED) is 0.0796. The molecule has 0 saturated heterocycles. The molecule has 0 atom stereocenters. The van der Waals surface area contributed by atoms with Crippen LogP contribution in [0.2, 0.25) is 0 Å². The Morgan fingerprint density at radius 2 is 1.45 bits per heavy atom. The summed E-state index contributed by atoms with van der Waals surface area (Å²) in [5.74, 6) is 2.73. The maximum absolute atomic E-state index is 12.2. The van der Waals surface area contributed by atoms with Crippen LogP contribution in [-0.2, 0) is 36.7 Å². The number of hydrogen-bond acceptors (Lipinski definition) is 5. The van der Waals surface area contributed by atoms with Gasteiger partial charge in [0.1, 0.15) is 28.4 Å². The third kappa shape index (κ3) is 9.19. The van der Waals surface area contributed by atoms with Crippen LogP contribution in [0.5, 0.6) is 0 Å². The number of pyridine rings is 1. The second-order valence-corrected chi connectivity index (χ2v) is 17.0. The molecule has 55 heavy (non-hydrogen) atoms. The molecule has 3 aromatic carbocycles. The Bertz CT molecular complexity index is 2290. The molecule has 3 aromatic heterocycles. The van der Waals surface area contributed by atoms with Crippen molar-refractivity contribution in [3.63, 3.8) is 0 Å². The second-order valence-electron chi connectivity index (χ2n) is 17.0. The van der Waals surface area contributed by atoms with Gasteiger partial charge in [-0.25, -0.2) is 0 Å². The zero-order chi connectivity index (χ0) is 39.6. The van der Waals surface area contributed by atoms with Gasteiger partial charge >= 0.3 is 0 Å². The fraction of sp³-hybridized carbons (Fsp3) is 0.429. The van der Waals surface area contributed by atoms with Gasteiger partial charge in [0.2, 0.25) is 0 Å². The van der Waals surface area contributed by atoms with Crippen molar-refractivity contribution >= 4 is 38.5 Å². The summed E-state index contributed by atoms with van der Waals surface area (Å²) in [6, 6.07) is 24.7. The standard InChI is InChI=1S/C34H32NO2.C15H28O2.Ir/c1-20(2)15-31-21(3)26-17-23(11-12-29(26)36-31)32-19-27-30(37-32)13-14-35-33(27)24-16-22-9-7-8-10-25(22)28(18-24)34(4,5)6;1-7-14(5,8-2)12(16)11-13(17)15(6,9-3)10-4;/h7-14,17-20H,15H2,1-6H3;11,16H,7-10H2,1-6H3;/q-1;;/b;12-11-;. The van der Waals surface area contributed by atoms with E-state index in [2.05, 4.69) is 102 Å². The predicted molar refractivity (Wildman–Crippen MR) is 226 cm³/mol. The van der Waals surface area contributed by atoms with Crippen LogP contribution in [0, 0.1) is 29.7 Å². The summed E-state index contributed by atoms with van der Waals surface area (Å²) >= 11 is 0. The summed E-state index contributed by atoms with van der Waals surface area (Å²) < 4.78 is 12.5. The molecule has 6 heteroatoms. The van der Waals surface area contributed by atoms with E-state index in [1.165, 1.54) is 22.6 Å². The fourth-order valence-corrected chi connectivity index (χ4v) is 6.97. The Morgan fingerprint density at radius 1 is 0.818 bits per heavy atom. The number of ketones is 1. The van der Waals surface area contributed by atoms with Gasteiger partial charge in [-0.05, 0) is 79.8 Å². The molecular weight excluding hydrogens is 859 g/mol. The van der Waals surface area contributed by atoms with E-state index in [-0.39, 0.29) is 47.9 Å². The number of carbonyl (C=O) groups excluding carboxylic acids is 1. The smallest absolute Gasteiger partial charge is 0.164 e. The summed E-state index contributed by atoms with van der Waals surface area (Å²) in [6.45, 7) is 25.4. The summed E-state index contributed by atoms with van der Waals surface area (Å²) in [5.41, 5.74) is 6.55. The van der Waals surface area contributed by atoms with E-state index in [0.29, 0.717) is 5.92 Å². The molecule has 3 heterocycles. The molecule has 295 valence electrons. The van der Waals surface area contributed by atoms with Crippen LogP contribution < -0.4 is 0 Å². The maximum atomic E-state index is 12.2. The number of benzene rings is 3. The van der Waals surface area contributed by atoms with E-state index in [1.54, 1.807) is 0 Å². The number of aliphatic hydroxyl groups is 1. The average Bonchev–Trinajstić information content (AvgIpc) is 3.73. The number of aromatic nitrogens is 1. The monoisotopic (exact) mass is 919 g/mol. The number of aliphatic hydroxyl groups excluding tert-OH is 1. The Hall–Kier alpha value is -3.99. The van der Waals surface area contributed by atoms with Crippen LogP contribution in [0.3, 0.4) is 0 Å². The molecule has 0 fully saturated rings. The van der Waals surface area contributed by atoms with Crippen molar-refractivity contribution in [3.05, 3.63) is 102 Å². The van der Waals surface area contributed by atoms with Gasteiger partial charge in [0.25, 0.3) is 0 Å². The SMILES string of the molecule is CCC(C)(CC)C(=O)/C=C(\O)C(C)(CC)CC.Cc1c(CC(C)C)oc2ccc(-c3cc4c(-c5[c-]c6ccccc6c(C(C)(C)C)c5)nccc4o3)cc12.[Ir]. The number of nitrogens with zero attached hydrogens (tertiary/aromatic N) is 1. The molecule has 6 rings (SSSR count). The molecule has 0 bridgehead atoms. The summed E-state index contributed by atoms with van der Waals surface area (Å²) in [4.78, 5) is 17.0. The summed E-state index contributed by atoms with van der Waals surface area (Å²) in [5, 5.41) is 14.6. The number of carbonyl (C=O) groups is 1. The van der Waals surface area contributed by atoms with Crippen LogP contribution in [0.1, 0.15) is 119 Å². The van der Waals surface area contributed by atoms with E-state index in [0.717, 1.165) is 87.8 Å². The molecule has 5 nitrogen and oxygen atoms in total. The van der Waals surface area contributed by atoms with Gasteiger partial charge in [-0.15, -0.1) is 29.1 Å². The Balaban J connectivity index is 0.000000320. The molecule has 0 saturated carbocycles. The van der Waals surface area contributed by atoms with Gasteiger partial charge in [0, 0.05) is 71.7 Å². The average molecular weight is 919 g/mol. The molecule has 0 unspecified atom stereocenters. The van der Waals surface area contributed by atoms with Gasteiger partial charge < -0.3 is 13.9 Å². The van der Waals surface area contributed by atoms with Crippen molar-refractivity contribution in [2.24, 2.45) is 16.7 Å². The van der Waals surface area contributed by atoms with Gasteiger partial charge in [0.05, 0.1) is 0 Å². The predicted octanol–water partition coefficient (Wildman–Crippen LogP) is 14.3. The minimum atomic E-state index is -0.337. The fourth-order valence-electron chi connectivity index (χ4n) is 6.97. The third-order valence-corrected chi connectivity index (χ3v) is 11.8. The van der Waals surface area contributed by atoms with Crippen molar-refractivity contribution in [2.75, 3.05) is 0 Å². The Labute approximate surface area is 342 Å². The normalized spacial score (nSPS) is 12.6. The number of furan rings is 2. The van der Waals surface area contributed by atoms with E-state index in [9.17, 15) is 9.90 Å². The van der Waals surface area contributed by atoms with E-state index < -0.39 is 0 Å². The molecule has 6 aromatic rings. The van der Waals surface area contributed by atoms with Gasteiger partial charge in [-0.1, -0.05) is 105 Å². The van der Waals surface area contributed by atoms with Crippen molar-refractivity contribution in [3.8, 4) is 22.6 Å². The number of fused-ring (bicyclic) bond motifs is 3. The minimum absolute atomic E-state index is 0. The first kappa shape index (κ1) is 43.7. The third-order valence-electron chi connectivity index (χ3n) is 11.8. The molecule has 1 N–H and O–H groups in total. The largest absolute Gasteiger partial charge is 0.512 e. The van der Waals surface area contributed by atoms with E-state index in [1.807, 2.05) is 53.8 Å². The van der Waals surface area contributed by atoms with E-state index in [4.69, 9.17) is 13.8 Å². The van der Waals surface area contributed by atoms with Crippen molar-refractivity contribution in [1.82, 2.24) is 4.98 Å². The first-order valence-electron chi connectivity index (χ1n) is 19.8. The van der Waals surface area contributed by atoms with Crippen LogP contribution in [0.4, 0.5) is 0 Å². The zero-order valence-corrected chi connectivity index (χ0v) is 37.4. The van der Waals surface area contributed by atoms with Crippen LogP contribution >= 0.6 is 0 Å². The van der Waals surface area contributed by atoms with E-state index >= 15 is 0 Å². The number of aryl methyl sites for hydroxylation is 1. The Kier molecular flexibility index (Phi) is 13.9. The van der Waals surface area contributed by atoms with Gasteiger partial charge in [-0.3, -0.25) is 9.78 Å². The van der Waals surface area contributed by atoms with Crippen LogP contribution in [0.15, 0.2) is 87.5 Å². The molecule has 1 radical (unpaired) electrons. The molecule has 0 amide bonds. The number of hydrogen-bond donors (Lipinski definition) is 1. The van der Waals surface area contributed by atoms with Crippen molar-refractivity contribution < 1.29 is 38.8 Å². The maximum Gasteiger partial charge on any atom is 0.164 e. The molecule has 0 aliphatic rings. The zero-order valence-electron chi connectivity index (χ0n) is 35.0. The first-order chi connectivity index (χ1) is 25.5. The first-order valence-corrected chi connectivity index (χ1v) is 19.8. The van der Waals surface area contributed by atoms with Gasteiger partial charge in [-0.2, -0.15) is 0 Å². The van der Waals surface area contributed by atoms with Crippen LogP contribution in [-0.4, -0.2) is 15.9 Å². The number of allylic oxidation sites excluding steroid dienone is 2.